The van der Waals surface area contributed by atoms with Crippen LogP contribution in [0, 0.1) is 5.82 Å². The van der Waals surface area contributed by atoms with Gasteiger partial charge in [-0.15, -0.1) is 0 Å². The molecule has 3 aromatic heterocycles. The van der Waals surface area contributed by atoms with Crippen LogP contribution < -0.4 is 5.32 Å². The Morgan fingerprint density at radius 3 is 2.91 bits per heavy atom. The highest BCUT2D eigenvalue weighted by atomic mass is 19.1. The van der Waals surface area contributed by atoms with E-state index >= 15 is 0 Å². The average Bonchev–Trinajstić information content (AvgIpc) is 3.55. The third-order valence-electron chi connectivity index (χ3n) is 6.63. The van der Waals surface area contributed by atoms with Crippen LogP contribution >= 0.6 is 0 Å². The highest BCUT2D eigenvalue weighted by molar-refractivity contribution is 5.79. The van der Waals surface area contributed by atoms with E-state index in [0.717, 1.165) is 60.4 Å². The van der Waals surface area contributed by atoms with E-state index < -0.39 is 0 Å². The number of aromatic nitrogens is 5. The SMILES string of the molecule is Cn1ncc2cc(Cc3cnc4ccc(C5C=NN(C6CCNCC6)C5)nn34)c(F)cc21. The Labute approximate surface area is 184 Å². The van der Waals surface area contributed by atoms with Crippen molar-refractivity contribution in [2.45, 2.75) is 31.2 Å². The number of aryl methyl sites for hydroxylation is 1. The lowest BCUT2D eigenvalue weighted by Gasteiger charge is -2.30. The van der Waals surface area contributed by atoms with Crippen molar-refractivity contribution in [1.82, 2.24) is 34.7 Å². The Balaban J connectivity index is 1.27. The van der Waals surface area contributed by atoms with Gasteiger partial charge in [-0.3, -0.25) is 9.69 Å². The van der Waals surface area contributed by atoms with E-state index in [-0.39, 0.29) is 11.7 Å². The first-order valence-corrected chi connectivity index (χ1v) is 11.1. The molecule has 1 atom stereocenters. The lowest BCUT2D eigenvalue weighted by Crippen LogP contribution is -2.40. The number of hydrogen-bond donors (Lipinski definition) is 1. The monoisotopic (exact) mass is 432 g/mol. The molecule has 1 aromatic carbocycles. The Hall–Kier alpha value is -3.33. The number of piperidine rings is 1. The first kappa shape index (κ1) is 19.4. The minimum Gasteiger partial charge on any atom is -0.317 e. The molecule has 2 aliphatic rings. The molecule has 1 saturated heterocycles. The van der Waals surface area contributed by atoms with E-state index in [1.807, 2.05) is 36.0 Å². The van der Waals surface area contributed by atoms with Crippen LogP contribution in [0.1, 0.15) is 35.7 Å². The van der Waals surface area contributed by atoms with E-state index in [1.54, 1.807) is 23.1 Å². The van der Waals surface area contributed by atoms with E-state index in [1.165, 1.54) is 0 Å². The molecule has 8 nitrogen and oxygen atoms in total. The molecular weight excluding hydrogens is 407 g/mol. The molecule has 0 amide bonds. The van der Waals surface area contributed by atoms with E-state index in [9.17, 15) is 4.39 Å². The fourth-order valence-electron chi connectivity index (χ4n) is 4.79. The fourth-order valence-corrected chi connectivity index (χ4v) is 4.79. The summed E-state index contributed by atoms with van der Waals surface area (Å²) in [4.78, 5) is 4.48. The van der Waals surface area contributed by atoms with Crippen LogP contribution in [0.2, 0.25) is 0 Å². The van der Waals surface area contributed by atoms with Crippen molar-refractivity contribution in [3.05, 3.63) is 59.4 Å². The van der Waals surface area contributed by atoms with Gasteiger partial charge in [-0.05, 0) is 49.7 Å². The number of rotatable bonds is 4. The van der Waals surface area contributed by atoms with Gasteiger partial charge >= 0.3 is 0 Å². The van der Waals surface area contributed by atoms with Crippen molar-refractivity contribution in [2.24, 2.45) is 12.1 Å². The predicted octanol–water partition coefficient (Wildman–Crippen LogP) is 2.48. The Kier molecular flexibility index (Phi) is 4.64. The first-order chi connectivity index (χ1) is 15.7. The molecule has 9 heteroatoms. The number of imidazole rings is 1. The quantitative estimate of drug-likeness (QED) is 0.536. The number of halogens is 1. The Morgan fingerprint density at radius 2 is 2.03 bits per heavy atom. The van der Waals surface area contributed by atoms with Crippen LogP contribution in [-0.2, 0) is 13.5 Å². The van der Waals surface area contributed by atoms with E-state index in [0.29, 0.717) is 18.0 Å². The van der Waals surface area contributed by atoms with Crippen LogP contribution in [0.5, 0.6) is 0 Å². The molecule has 2 aliphatic heterocycles. The molecule has 6 rings (SSSR count). The molecular formula is C23H25FN8. The zero-order valence-corrected chi connectivity index (χ0v) is 17.9. The summed E-state index contributed by atoms with van der Waals surface area (Å²) in [6, 6.07) is 7.91. The number of nitrogens with zero attached hydrogens (tertiary/aromatic N) is 7. The van der Waals surface area contributed by atoms with Gasteiger partial charge in [0.25, 0.3) is 0 Å². The van der Waals surface area contributed by atoms with Gasteiger partial charge in [0.05, 0.1) is 35.2 Å². The second-order valence-corrected chi connectivity index (χ2v) is 8.70. The van der Waals surface area contributed by atoms with Gasteiger partial charge in [0, 0.05) is 43.7 Å². The van der Waals surface area contributed by atoms with Gasteiger partial charge in [-0.25, -0.2) is 13.9 Å². The van der Waals surface area contributed by atoms with Gasteiger partial charge in [-0.2, -0.15) is 15.3 Å². The van der Waals surface area contributed by atoms with Crippen molar-refractivity contribution in [2.75, 3.05) is 19.6 Å². The standard InChI is InChI=1S/C23H25FN8/c1-30-22-10-20(24)15(8-16(22)11-27-30)9-19-13-26-23-3-2-21(29-32(19)23)17-12-28-31(14-17)18-4-6-25-7-5-18/h2-3,8,10-13,17-18,25H,4-7,9,14H2,1H3. The van der Waals surface area contributed by atoms with Gasteiger partial charge in [-0.1, -0.05) is 0 Å². The Morgan fingerprint density at radius 1 is 1.16 bits per heavy atom. The maximum Gasteiger partial charge on any atom is 0.153 e. The van der Waals surface area contributed by atoms with Gasteiger partial charge < -0.3 is 5.32 Å². The molecule has 32 heavy (non-hydrogen) atoms. The molecule has 5 heterocycles. The Bertz CT molecular complexity index is 1320. The largest absolute Gasteiger partial charge is 0.317 e. The van der Waals surface area contributed by atoms with Crippen LogP contribution in [0.25, 0.3) is 16.6 Å². The maximum atomic E-state index is 14.8. The summed E-state index contributed by atoms with van der Waals surface area (Å²) in [6.07, 6.45) is 8.20. The van der Waals surface area contributed by atoms with Crippen LogP contribution in [0.15, 0.2) is 41.8 Å². The third kappa shape index (κ3) is 3.33. The number of fused-ring (bicyclic) bond motifs is 2. The second-order valence-electron chi connectivity index (χ2n) is 8.70. The summed E-state index contributed by atoms with van der Waals surface area (Å²) in [6.45, 7) is 2.94. The smallest absolute Gasteiger partial charge is 0.153 e. The van der Waals surface area contributed by atoms with Crippen molar-refractivity contribution in [1.29, 1.82) is 0 Å². The molecule has 0 aliphatic carbocycles. The first-order valence-electron chi connectivity index (χ1n) is 11.1. The summed E-state index contributed by atoms with van der Waals surface area (Å²) >= 11 is 0. The average molecular weight is 433 g/mol. The highest BCUT2D eigenvalue weighted by Gasteiger charge is 2.27. The fraction of sp³-hybridized carbons (Fsp3) is 0.391. The van der Waals surface area contributed by atoms with Gasteiger partial charge in [0.15, 0.2) is 5.65 Å². The summed E-state index contributed by atoms with van der Waals surface area (Å²) < 4.78 is 18.3. The van der Waals surface area contributed by atoms with Crippen molar-refractivity contribution in [3.8, 4) is 0 Å². The molecule has 1 unspecified atom stereocenters. The minimum absolute atomic E-state index is 0.146. The molecule has 164 valence electrons. The van der Waals surface area contributed by atoms with Crippen molar-refractivity contribution < 1.29 is 4.39 Å². The van der Waals surface area contributed by atoms with Crippen LogP contribution in [0.3, 0.4) is 0 Å². The zero-order valence-electron chi connectivity index (χ0n) is 17.9. The van der Waals surface area contributed by atoms with Crippen molar-refractivity contribution in [3.63, 3.8) is 0 Å². The summed E-state index contributed by atoms with van der Waals surface area (Å²) in [5, 5.41) is 20.3. The topological polar surface area (TPSA) is 75.6 Å². The molecule has 1 N–H and O–H groups in total. The third-order valence-corrected chi connectivity index (χ3v) is 6.63. The lowest BCUT2D eigenvalue weighted by molar-refractivity contribution is 0.181. The van der Waals surface area contributed by atoms with E-state index in [4.69, 9.17) is 5.10 Å². The molecule has 0 spiro atoms. The normalized spacial score (nSPS) is 19.6. The second kappa shape index (κ2) is 7.67. The predicted molar refractivity (Wildman–Crippen MR) is 120 cm³/mol. The molecule has 0 bridgehead atoms. The molecule has 0 saturated carbocycles. The number of benzene rings is 1. The van der Waals surface area contributed by atoms with Crippen LogP contribution in [-0.4, -0.2) is 61.3 Å². The highest BCUT2D eigenvalue weighted by Crippen LogP contribution is 2.25. The maximum absolute atomic E-state index is 14.8. The van der Waals surface area contributed by atoms with Crippen LogP contribution in [0.4, 0.5) is 4.39 Å². The lowest BCUT2D eigenvalue weighted by atomic mass is 10.0. The van der Waals surface area contributed by atoms with Crippen molar-refractivity contribution >= 4 is 22.8 Å². The van der Waals surface area contributed by atoms with Gasteiger partial charge in [0.2, 0.25) is 0 Å². The number of hydrogen-bond acceptors (Lipinski definition) is 6. The van der Waals surface area contributed by atoms with E-state index in [2.05, 4.69) is 25.5 Å². The summed E-state index contributed by atoms with van der Waals surface area (Å²) in [5.41, 5.74) is 3.97. The molecule has 0 radical (unpaired) electrons. The summed E-state index contributed by atoms with van der Waals surface area (Å²) in [5.74, 6) is -0.0965. The molecule has 1 fully saturated rings. The number of hydrazone groups is 1. The number of nitrogens with one attached hydrogen (secondary N) is 1. The molecule has 4 aromatic rings. The van der Waals surface area contributed by atoms with Gasteiger partial charge in [0.1, 0.15) is 5.82 Å². The zero-order chi connectivity index (χ0) is 21.7. The minimum atomic E-state index is -0.243. The summed E-state index contributed by atoms with van der Waals surface area (Å²) in [7, 11) is 1.82.